The van der Waals surface area contributed by atoms with Crippen molar-refractivity contribution in [2.24, 2.45) is 5.73 Å². The molecule has 1 aliphatic rings. The molecule has 0 aromatic carbocycles. The minimum atomic E-state index is 0.178. The predicted molar refractivity (Wildman–Crippen MR) is 55.5 cm³/mol. The monoisotopic (exact) mass is 212 g/mol. The Morgan fingerprint density at radius 1 is 1.50 bits per heavy atom. The van der Waals surface area contributed by atoms with Gasteiger partial charge in [-0.25, -0.2) is 4.98 Å². The molecule has 0 bridgehead atoms. The standard InChI is InChI=1S/C10H13ClN2O/c11-9-2-1-5-13-10(9)14-8-4-3-7(12)6-8/h1-2,5,7-8H,3-4,6,12H2. The molecule has 3 nitrogen and oxygen atoms in total. The van der Waals surface area contributed by atoms with Gasteiger partial charge in [0, 0.05) is 12.2 Å². The van der Waals surface area contributed by atoms with E-state index >= 15 is 0 Å². The Bertz CT molecular complexity index is 319. The van der Waals surface area contributed by atoms with E-state index in [1.807, 2.05) is 0 Å². The number of pyridine rings is 1. The maximum absolute atomic E-state index is 5.92. The summed E-state index contributed by atoms with van der Waals surface area (Å²) in [6, 6.07) is 3.83. The van der Waals surface area contributed by atoms with Gasteiger partial charge in [-0.15, -0.1) is 0 Å². The fraction of sp³-hybridized carbons (Fsp3) is 0.500. The molecule has 0 aliphatic heterocycles. The van der Waals surface area contributed by atoms with E-state index in [-0.39, 0.29) is 12.1 Å². The lowest BCUT2D eigenvalue weighted by Crippen LogP contribution is -2.19. The van der Waals surface area contributed by atoms with Crippen LogP contribution in [-0.2, 0) is 0 Å². The normalized spacial score (nSPS) is 26.4. The molecule has 0 radical (unpaired) electrons. The van der Waals surface area contributed by atoms with Crippen LogP contribution in [0, 0.1) is 0 Å². The zero-order chi connectivity index (χ0) is 9.97. The lowest BCUT2D eigenvalue weighted by molar-refractivity contribution is 0.200. The Labute approximate surface area is 88.2 Å². The number of hydrogen-bond acceptors (Lipinski definition) is 3. The van der Waals surface area contributed by atoms with Gasteiger partial charge in [-0.3, -0.25) is 0 Å². The highest BCUT2D eigenvalue weighted by Crippen LogP contribution is 2.26. The van der Waals surface area contributed by atoms with E-state index in [2.05, 4.69) is 4.98 Å². The minimum absolute atomic E-state index is 0.178. The fourth-order valence-corrected chi connectivity index (χ4v) is 1.86. The second-order valence-corrected chi connectivity index (χ2v) is 4.01. The molecule has 2 rings (SSSR count). The SMILES string of the molecule is NC1CCC(Oc2ncccc2Cl)C1. The summed E-state index contributed by atoms with van der Waals surface area (Å²) in [4.78, 5) is 4.07. The maximum atomic E-state index is 5.92. The number of hydrogen-bond donors (Lipinski definition) is 1. The van der Waals surface area contributed by atoms with Gasteiger partial charge in [-0.1, -0.05) is 11.6 Å². The summed E-state index contributed by atoms with van der Waals surface area (Å²) >= 11 is 5.92. The van der Waals surface area contributed by atoms with Crippen LogP contribution >= 0.6 is 11.6 Å². The van der Waals surface area contributed by atoms with Crippen molar-refractivity contribution in [3.8, 4) is 5.88 Å². The molecular weight excluding hydrogens is 200 g/mol. The zero-order valence-corrected chi connectivity index (χ0v) is 8.57. The first-order chi connectivity index (χ1) is 6.75. The molecule has 1 aromatic heterocycles. The van der Waals surface area contributed by atoms with Crippen molar-refractivity contribution in [3.05, 3.63) is 23.4 Å². The number of ether oxygens (including phenoxy) is 1. The number of aromatic nitrogens is 1. The molecule has 1 aliphatic carbocycles. The molecule has 0 saturated heterocycles. The van der Waals surface area contributed by atoms with Crippen molar-refractivity contribution in [2.75, 3.05) is 0 Å². The molecular formula is C10H13ClN2O. The highest BCUT2D eigenvalue weighted by Gasteiger charge is 2.24. The van der Waals surface area contributed by atoms with Crippen molar-refractivity contribution in [1.82, 2.24) is 4.98 Å². The Morgan fingerprint density at radius 2 is 2.36 bits per heavy atom. The van der Waals surface area contributed by atoms with Crippen LogP contribution in [0.25, 0.3) is 0 Å². The second-order valence-electron chi connectivity index (χ2n) is 3.60. The Balaban J connectivity index is 2.01. The van der Waals surface area contributed by atoms with Gasteiger partial charge >= 0.3 is 0 Å². The van der Waals surface area contributed by atoms with E-state index in [0.29, 0.717) is 10.9 Å². The van der Waals surface area contributed by atoms with Crippen molar-refractivity contribution in [2.45, 2.75) is 31.4 Å². The van der Waals surface area contributed by atoms with Crippen LogP contribution in [0.5, 0.6) is 5.88 Å². The van der Waals surface area contributed by atoms with Gasteiger partial charge in [-0.2, -0.15) is 0 Å². The predicted octanol–water partition coefficient (Wildman–Crippen LogP) is 1.99. The lowest BCUT2D eigenvalue weighted by atomic mass is 10.3. The van der Waals surface area contributed by atoms with Crippen LogP contribution in [-0.4, -0.2) is 17.1 Å². The van der Waals surface area contributed by atoms with Gasteiger partial charge < -0.3 is 10.5 Å². The molecule has 2 unspecified atom stereocenters. The van der Waals surface area contributed by atoms with Crippen molar-refractivity contribution in [3.63, 3.8) is 0 Å². The molecule has 1 fully saturated rings. The Hall–Kier alpha value is -0.800. The number of rotatable bonds is 2. The third kappa shape index (κ3) is 2.16. The molecule has 1 heterocycles. The van der Waals surface area contributed by atoms with E-state index < -0.39 is 0 Å². The fourth-order valence-electron chi connectivity index (χ4n) is 1.70. The molecule has 76 valence electrons. The average Bonchev–Trinajstić information content (AvgIpc) is 2.56. The molecule has 4 heteroatoms. The van der Waals surface area contributed by atoms with Crippen molar-refractivity contribution in [1.29, 1.82) is 0 Å². The third-order valence-electron chi connectivity index (χ3n) is 2.43. The summed E-state index contributed by atoms with van der Waals surface area (Å²) < 4.78 is 5.65. The smallest absolute Gasteiger partial charge is 0.232 e. The summed E-state index contributed by atoms with van der Waals surface area (Å²) in [5.41, 5.74) is 5.78. The first kappa shape index (κ1) is 9.74. The van der Waals surface area contributed by atoms with Crippen molar-refractivity contribution < 1.29 is 4.74 Å². The molecule has 14 heavy (non-hydrogen) atoms. The summed E-state index contributed by atoms with van der Waals surface area (Å²) in [6.07, 6.45) is 4.77. The van der Waals surface area contributed by atoms with E-state index in [1.54, 1.807) is 18.3 Å². The summed E-state index contributed by atoms with van der Waals surface area (Å²) in [7, 11) is 0. The molecule has 1 aromatic rings. The minimum Gasteiger partial charge on any atom is -0.473 e. The van der Waals surface area contributed by atoms with E-state index in [0.717, 1.165) is 19.3 Å². The Morgan fingerprint density at radius 3 is 3.00 bits per heavy atom. The third-order valence-corrected chi connectivity index (χ3v) is 2.72. The zero-order valence-electron chi connectivity index (χ0n) is 7.82. The van der Waals surface area contributed by atoms with Crippen LogP contribution in [0.3, 0.4) is 0 Å². The van der Waals surface area contributed by atoms with Gasteiger partial charge in [0.05, 0.1) is 0 Å². The average molecular weight is 213 g/mol. The van der Waals surface area contributed by atoms with Gasteiger partial charge in [0.15, 0.2) is 0 Å². The quantitative estimate of drug-likeness (QED) is 0.816. The number of halogens is 1. The Kier molecular flexibility index (Phi) is 2.89. The van der Waals surface area contributed by atoms with Crippen LogP contribution in [0.1, 0.15) is 19.3 Å². The number of nitrogens with zero attached hydrogens (tertiary/aromatic N) is 1. The second kappa shape index (κ2) is 4.15. The molecule has 2 atom stereocenters. The van der Waals surface area contributed by atoms with Crippen molar-refractivity contribution >= 4 is 11.6 Å². The van der Waals surface area contributed by atoms with Crippen LogP contribution in [0.15, 0.2) is 18.3 Å². The van der Waals surface area contributed by atoms with Gasteiger partial charge in [0.2, 0.25) is 5.88 Å². The highest BCUT2D eigenvalue weighted by molar-refractivity contribution is 6.31. The van der Waals surface area contributed by atoms with Gasteiger partial charge in [0.25, 0.3) is 0 Å². The van der Waals surface area contributed by atoms with Crippen LogP contribution in [0.2, 0.25) is 5.02 Å². The molecule has 0 amide bonds. The summed E-state index contributed by atoms with van der Waals surface area (Å²) in [5.74, 6) is 0.522. The topological polar surface area (TPSA) is 48.1 Å². The van der Waals surface area contributed by atoms with E-state index in [9.17, 15) is 0 Å². The maximum Gasteiger partial charge on any atom is 0.232 e. The molecule has 0 spiro atoms. The van der Waals surface area contributed by atoms with Crippen LogP contribution in [0.4, 0.5) is 0 Å². The first-order valence-electron chi connectivity index (χ1n) is 4.78. The largest absolute Gasteiger partial charge is 0.473 e. The first-order valence-corrected chi connectivity index (χ1v) is 5.16. The lowest BCUT2D eigenvalue weighted by Gasteiger charge is -2.12. The summed E-state index contributed by atoms with van der Waals surface area (Å²) in [6.45, 7) is 0. The van der Waals surface area contributed by atoms with E-state index in [4.69, 9.17) is 22.1 Å². The highest BCUT2D eigenvalue weighted by atomic mass is 35.5. The molecule has 1 saturated carbocycles. The molecule has 2 N–H and O–H groups in total. The summed E-state index contributed by atoms with van der Waals surface area (Å²) in [5, 5.41) is 0.563. The van der Waals surface area contributed by atoms with Gasteiger partial charge in [-0.05, 0) is 31.4 Å². The van der Waals surface area contributed by atoms with E-state index in [1.165, 1.54) is 0 Å². The van der Waals surface area contributed by atoms with Gasteiger partial charge in [0.1, 0.15) is 11.1 Å². The van der Waals surface area contributed by atoms with Crippen LogP contribution < -0.4 is 10.5 Å². The number of nitrogens with two attached hydrogens (primary N) is 1.